The maximum absolute atomic E-state index is 12.6. The summed E-state index contributed by atoms with van der Waals surface area (Å²) in [7, 11) is 0. The molecule has 2 aliphatic rings. The quantitative estimate of drug-likeness (QED) is 0.637. The Morgan fingerprint density at radius 2 is 2.14 bits per heavy atom. The van der Waals surface area contributed by atoms with Crippen molar-refractivity contribution >= 4 is 33.6 Å². The number of thioether (sulfide) groups is 1. The minimum absolute atomic E-state index is 0.235. The van der Waals surface area contributed by atoms with Crippen LogP contribution in [-0.4, -0.2) is 41.4 Å². The summed E-state index contributed by atoms with van der Waals surface area (Å²) in [6.45, 7) is 3.90. The average Bonchev–Trinajstić information content (AvgIpc) is 2.75. The first kappa shape index (κ1) is 14.8. The molecule has 0 aliphatic carbocycles. The van der Waals surface area contributed by atoms with Gasteiger partial charge >= 0.3 is 0 Å². The van der Waals surface area contributed by atoms with Gasteiger partial charge in [0.2, 0.25) is 5.91 Å². The number of aliphatic hydroxyl groups excluding tert-OH is 1. The van der Waals surface area contributed by atoms with Gasteiger partial charge in [-0.2, -0.15) is 5.26 Å². The topological polar surface area (TPSA) is 77.2 Å². The van der Waals surface area contributed by atoms with E-state index in [0.29, 0.717) is 5.56 Å². The summed E-state index contributed by atoms with van der Waals surface area (Å²) in [5.41, 5.74) is 0.633. The molecule has 2 fully saturated rings. The Hall–Kier alpha value is -1.10. The van der Waals surface area contributed by atoms with Crippen LogP contribution in [0.4, 0.5) is 0 Å². The van der Waals surface area contributed by atoms with Gasteiger partial charge in [0.25, 0.3) is 0 Å². The Kier molecular flexibility index (Phi) is 3.32. The van der Waals surface area contributed by atoms with Crippen LogP contribution in [0.15, 0.2) is 24.5 Å². The molecule has 2 saturated heterocycles. The van der Waals surface area contributed by atoms with Crippen LogP contribution in [0, 0.1) is 11.3 Å². The van der Waals surface area contributed by atoms with E-state index in [4.69, 9.17) is 0 Å². The second kappa shape index (κ2) is 4.70. The number of nitrogens with zero attached hydrogens (tertiary/aromatic N) is 3. The van der Waals surface area contributed by atoms with E-state index in [9.17, 15) is 15.2 Å². The monoisotopic (exact) mass is 367 g/mol. The predicted molar refractivity (Wildman–Crippen MR) is 82.6 cm³/mol. The summed E-state index contributed by atoms with van der Waals surface area (Å²) in [6, 6.07) is 5.11. The van der Waals surface area contributed by atoms with Crippen molar-refractivity contribution in [3.8, 4) is 6.07 Å². The number of alkyl halides is 1. The number of pyridine rings is 1. The molecule has 4 atom stereocenters. The van der Waals surface area contributed by atoms with E-state index in [2.05, 4.69) is 27.0 Å². The molecule has 0 aromatic carbocycles. The number of rotatable bonds is 2. The highest BCUT2D eigenvalue weighted by Crippen LogP contribution is 2.61. The first-order valence-electron chi connectivity index (χ1n) is 6.51. The van der Waals surface area contributed by atoms with Crippen molar-refractivity contribution in [2.45, 2.75) is 40.4 Å². The van der Waals surface area contributed by atoms with Crippen LogP contribution in [0.5, 0.6) is 0 Å². The van der Waals surface area contributed by atoms with E-state index in [1.54, 1.807) is 41.2 Å². The number of hydrogen-bond acceptors (Lipinski definition) is 5. The molecular weight excluding hydrogens is 354 g/mol. The van der Waals surface area contributed by atoms with Gasteiger partial charge in [0, 0.05) is 17.1 Å². The van der Waals surface area contributed by atoms with Gasteiger partial charge < -0.3 is 10.0 Å². The third-order valence-corrected chi connectivity index (χ3v) is 7.23. The standard InChI is InChI=1S/C14H14BrN3O2S/c1-13(2)9(7-16)18-11(20)14(15,12(18)21-13)10(19)8-3-5-17-6-4-8/h3-6,9-10,12,19H,1-2H3/t9-,10+,12-,14+/m0/s1. The molecule has 7 heteroatoms. The minimum Gasteiger partial charge on any atom is -0.386 e. The fraction of sp³-hybridized carbons (Fsp3) is 0.500. The van der Waals surface area contributed by atoms with Gasteiger partial charge in [-0.15, -0.1) is 11.8 Å². The van der Waals surface area contributed by atoms with Crippen LogP contribution in [0.1, 0.15) is 25.5 Å². The van der Waals surface area contributed by atoms with Gasteiger partial charge in [0.1, 0.15) is 17.5 Å². The Morgan fingerprint density at radius 3 is 2.71 bits per heavy atom. The molecule has 110 valence electrons. The molecular formula is C14H14BrN3O2S. The van der Waals surface area contributed by atoms with Crippen molar-refractivity contribution in [3.05, 3.63) is 30.1 Å². The second-order valence-corrected chi connectivity index (χ2v) is 8.82. The molecule has 0 radical (unpaired) electrons. The van der Waals surface area contributed by atoms with E-state index in [1.165, 1.54) is 0 Å². The maximum atomic E-state index is 12.6. The largest absolute Gasteiger partial charge is 0.386 e. The average molecular weight is 368 g/mol. The number of fused-ring (bicyclic) bond motifs is 1. The summed E-state index contributed by atoms with van der Waals surface area (Å²) in [5.74, 6) is -0.235. The first-order chi connectivity index (χ1) is 9.84. The molecule has 21 heavy (non-hydrogen) atoms. The van der Waals surface area contributed by atoms with Crippen LogP contribution in [0.2, 0.25) is 0 Å². The van der Waals surface area contributed by atoms with Crippen LogP contribution >= 0.6 is 27.7 Å². The Labute approximate surface area is 135 Å². The van der Waals surface area contributed by atoms with Crippen LogP contribution in [0.3, 0.4) is 0 Å². The highest BCUT2D eigenvalue weighted by Gasteiger charge is 2.71. The summed E-state index contributed by atoms with van der Waals surface area (Å²) in [6.07, 6.45) is 2.19. The first-order valence-corrected chi connectivity index (χ1v) is 8.18. The lowest BCUT2D eigenvalue weighted by Crippen LogP contribution is -2.71. The lowest BCUT2D eigenvalue weighted by Gasteiger charge is -2.51. The molecule has 0 saturated carbocycles. The number of carbonyl (C=O) groups is 1. The van der Waals surface area contributed by atoms with Gasteiger partial charge in [0.05, 0.1) is 6.07 Å². The van der Waals surface area contributed by atoms with E-state index in [-0.39, 0.29) is 16.0 Å². The van der Waals surface area contributed by atoms with Gasteiger partial charge in [0.15, 0.2) is 4.32 Å². The van der Waals surface area contributed by atoms with Gasteiger partial charge in [-0.25, -0.2) is 0 Å². The number of hydrogen-bond donors (Lipinski definition) is 1. The molecule has 1 aromatic rings. The number of halogens is 1. The van der Waals surface area contributed by atoms with Gasteiger partial charge in [-0.3, -0.25) is 9.78 Å². The number of aliphatic hydroxyl groups is 1. The summed E-state index contributed by atoms with van der Waals surface area (Å²) < 4.78 is -1.44. The molecule has 5 nitrogen and oxygen atoms in total. The third kappa shape index (κ3) is 1.86. The third-order valence-electron chi connectivity index (χ3n) is 4.07. The van der Waals surface area contributed by atoms with Gasteiger partial charge in [-0.05, 0) is 31.5 Å². The predicted octanol–water partition coefficient (Wildman–Crippen LogP) is 1.83. The van der Waals surface area contributed by atoms with Crippen LogP contribution in [0.25, 0.3) is 0 Å². The minimum atomic E-state index is -1.08. The Bertz CT molecular complexity index is 633. The van der Waals surface area contributed by atoms with Crippen molar-refractivity contribution in [2.75, 3.05) is 0 Å². The fourth-order valence-corrected chi connectivity index (χ4v) is 5.46. The van der Waals surface area contributed by atoms with Crippen molar-refractivity contribution in [2.24, 2.45) is 0 Å². The molecule has 1 amide bonds. The summed E-state index contributed by atoms with van der Waals surface area (Å²) >= 11 is 5.00. The van der Waals surface area contributed by atoms with Crippen LogP contribution < -0.4 is 0 Å². The normalized spacial score (nSPS) is 34.8. The number of aromatic nitrogens is 1. The van der Waals surface area contributed by atoms with E-state index in [1.807, 2.05) is 13.8 Å². The number of amides is 1. The lowest BCUT2D eigenvalue weighted by molar-refractivity contribution is -0.153. The van der Waals surface area contributed by atoms with Crippen molar-refractivity contribution < 1.29 is 9.90 Å². The lowest BCUT2D eigenvalue weighted by atomic mass is 9.85. The molecule has 3 rings (SSSR count). The summed E-state index contributed by atoms with van der Waals surface area (Å²) in [5, 5.41) is 19.7. The zero-order valence-electron chi connectivity index (χ0n) is 11.5. The molecule has 1 aromatic heterocycles. The van der Waals surface area contributed by atoms with E-state index < -0.39 is 16.5 Å². The molecule has 0 bridgehead atoms. The Balaban J connectivity index is 1.95. The van der Waals surface area contributed by atoms with Crippen molar-refractivity contribution in [3.63, 3.8) is 0 Å². The number of β-lactam (4-membered cyclic amide) rings is 1. The Morgan fingerprint density at radius 1 is 1.52 bits per heavy atom. The number of nitriles is 1. The SMILES string of the molecule is CC1(C)S[C@@H]2N(C(=O)[C@]2(Br)[C@H](O)c2ccncc2)[C@H]1C#N. The van der Waals surface area contributed by atoms with Crippen molar-refractivity contribution in [1.82, 2.24) is 9.88 Å². The smallest absolute Gasteiger partial charge is 0.247 e. The molecule has 3 heterocycles. The summed E-state index contributed by atoms with van der Waals surface area (Å²) in [4.78, 5) is 18.1. The fourth-order valence-electron chi connectivity index (χ4n) is 2.89. The highest BCUT2D eigenvalue weighted by atomic mass is 79.9. The molecule has 0 spiro atoms. The second-order valence-electron chi connectivity index (χ2n) is 5.77. The molecule has 1 N–H and O–H groups in total. The zero-order valence-corrected chi connectivity index (χ0v) is 13.9. The molecule has 2 aliphatic heterocycles. The highest BCUT2D eigenvalue weighted by molar-refractivity contribution is 9.10. The maximum Gasteiger partial charge on any atom is 0.247 e. The zero-order chi connectivity index (χ0) is 15.4. The van der Waals surface area contributed by atoms with Crippen molar-refractivity contribution in [1.29, 1.82) is 5.26 Å². The van der Waals surface area contributed by atoms with Gasteiger partial charge in [-0.1, -0.05) is 15.9 Å². The number of carbonyl (C=O) groups excluding carboxylic acids is 1. The van der Waals surface area contributed by atoms with E-state index >= 15 is 0 Å². The van der Waals surface area contributed by atoms with Crippen LogP contribution in [-0.2, 0) is 4.79 Å². The van der Waals surface area contributed by atoms with E-state index in [0.717, 1.165) is 0 Å². The molecule has 0 unspecified atom stereocenters.